The molecular weight excluding hydrogens is 450 g/mol. The molecule has 8 heteroatoms. The van der Waals surface area contributed by atoms with Crippen molar-refractivity contribution in [1.29, 1.82) is 0 Å². The summed E-state index contributed by atoms with van der Waals surface area (Å²) in [5, 5.41) is 3.63. The van der Waals surface area contributed by atoms with E-state index in [2.05, 4.69) is 20.3 Å². The van der Waals surface area contributed by atoms with Crippen LogP contribution in [0.15, 0.2) is 73.2 Å². The topological polar surface area (TPSA) is 80.2 Å². The zero-order valence-corrected chi connectivity index (χ0v) is 19.3. The number of nitrogens with zero attached hydrogens (tertiary/aromatic N) is 4. The van der Waals surface area contributed by atoms with E-state index < -0.39 is 0 Å². The van der Waals surface area contributed by atoms with Gasteiger partial charge in [-0.2, -0.15) is 0 Å². The van der Waals surface area contributed by atoms with Gasteiger partial charge in [0, 0.05) is 18.5 Å². The Balaban J connectivity index is 1.42. The fourth-order valence-corrected chi connectivity index (χ4v) is 4.15. The number of ether oxygens (including phenoxy) is 1. The molecule has 2 aromatic carbocycles. The van der Waals surface area contributed by atoms with Gasteiger partial charge in [0.05, 0.1) is 47.8 Å². The number of methoxy groups -OCH3 is 1. The van der Waals surface area contributed by atoms with Crippen LogP contribution in [-0.2, 0) is 4.79 Å². The van der Waals surface area contributed by atoms with Gasteiger partial charge in [0.15, 0.2) is 0 Å². The Morgan fingerprint density at radius 1 is 1.00 bits per heavy atom. The highest BCUT2D eigenvalue weighted by molar-refractivity contribution is 6.32. The number of carbonyl (C=O) groups is 1. The van der Waals surface area contributed by atoms with E-state index in [1.54, 1.807) is 30.6 Å². The average Bonchev–Trinajstić information content (AvgIpc) is 3.31. The summed E-state index contributed by atoms with van der Waals surface area (Å²) in [4.78, 5) is 27.1. The zero-order valence-electron chi connectivity index (χ0n) is 18.5. The predicted octanol–water partition coefficient (Wildman–Crippen LogP) is 5.74. The van der Waals surface area contributed by atoms with Crippen molar-refractivity contribution in [2.24, 2.45) is 0 Å². The van der Waals surface area contributed by atoms with Gasteiger partial charge >= 0.3 is 0 Å². The Labute approximate surface area is 202 Å². The summed E-state index contributed by atoms with van der Waals surface area (Å²) >= 11 is 6.47. The van der Waals surface area contributed by atoms with Crippen LogP contribution in [0.25, 0.3) is 22.4 Å². The fourth-order valence-electron chi connectivity index (χ4n) is 3.95. The van der Waals surface area contributed by atoms with Gasteiger partial charge < -0.3 is 15.0 Å². The van der Waals surface area contributed by atoms with Crippen LogP contribution in [0.4, 0.5) is 17.3 Å². The van der Waals surface area contributed by atoms with E-state index in [0.29, 0.717) is 35.3 Å². The Morgan fingerprint density at radius 3 is 2.59 bits per heavy atom. The molecule has 1 fully saturated rings. The molecule has 1 amide bonds. The molecule has 0 aliphatic carbocycles. The molecule has 1 aliphatic heterocycles. The second kappa shape index (κ2) is 9.49. The van der Waals surface area contributed by atoms with Gasteiger partial charge in [-0.15, -0.1) is 0 Å². The minimum absolute atomic E-state index is 0.112. The molecule has 5 rings (SSSR count). The molecule has 1 aliphatic rings. The summed E-state index contributed by atoms with van der Waals surface area (Å²) in [5.41, 5.74) is 5.04. The second-order valence-electron chi connectivity index (χ2n) is 7.91. The number of nitrogens with one attached hydrogen (secondary N) is 1. The third-order valence-corrected chi connectivity index (χ3v) is 5.95. The molecule has 0 saturated carbocycles. The molecule has 4 aromatic rings. The van der Waals surface area contributed by atoms with Gasteiger partial charge in [-0.1, -0.05) is 41.9 Å². The summed E-state index contributed by atoms with van der Waals surface area (Å²) in [5.74, 6) is 1.31. The van der Waals surface area contributed by atoms with Gasteiger partial charge in [0.25, 0.3) is 0 Å². The third kappa shape index (κ3) is 4.56. The SMILES string of the molecule is COc1ccc(-c2cccc(-c3nc(Nc4cncc(N5CCCC5=O)c4)ncc3Cl)c2)cc1. The molecule has 1 N–H and O–H groups in total. The summed E-state index contributed by atoms with van der Waals surface area (Å²) < 4.78 is 5.25. The van der Waals surface area contributed by atoms with Crippen molar-refractivity contribution in [3.63, 3.8) is 0 Å². The fraction of sp³-hybridized carbons (Fsp3) is 0.154. The molecule has 2 aromatic heterocycles. The maximum Gasteiger partial charge on any atom is 0.227 e. The van der Waals surface area contributed by atoms with E-state index in [0.717, 1.165) is 34.5 Å². The molecular formula is C26H22ClN5O2. The van der Waals surface area contributed by atoms with E-state index in [4.69, 9.17) is 16.3 Å². The van der Waals surface area contributed by atoms with Crippen molar-refractivity contribution in [2.45, 2.75) is 12.8 Å². The highest BCUT2D eigenvalue weighted by Crippen LogP contribution is 2.31. The van der Waals surface area contributed by atoms with Crippen molar-refractivity contribution in [3.8, 4) is 28.1 Å². The van der Waals surface area contributed by atoms with Crippen LogP contribution in [0.5, 0.6) is 5.75 Å². The van der Waals surface area contributed by atoms with Crippen LogP contribution in [0.1, 0.15) is 12.8 Å². The average molecular weight is 472 g/mol. The molecule has 34 heavy (non-hydrogen) atoms. The van der Waals surface area contributed by atoms with Crippen LogP contribution >= 0.6 is 11.6 Å². The minimum Gasteiger partial charge on any atom is -0.497 e. The first kappa shape index (κ1) is 21.9. The van der Waals surface area contributed by atoms with Gasteiger partial charge in [0.2, 0.25) is 11.9 Å². The molecule has 170 valence electrons. The molecule has 0 unspecified atom stereocenters. The number of halogens is 1. The number of pyridine rings is 1. The van der Waals surface area contributed by atoms with Gasteiger partial charge in [-0.05, 0) is 41.8 Å². The third-order valence-electron chi connectivity index (χ3n) is 5.67. The molecule has 0 spiro atoms. The Morgan fingerprint density at radius 2 is 1.82 bits per heavy atom. The van der Waals surface area contributed by atoms with Crippen LogP contribution in [0.2, 0.25) is 5.02 Å². The van der Waals surface area contributed by atoms with E-state index in [9.17, 15) is 4.79 Å². The first-order chi connectivity index (χ1) is 16.6. The first-order valence-corrected chi connectivity index (χ1v) is 11.3. The normalized spacial score (nSPS) is 13.2. The van der Waals surface area contributed by atoms with Gasteiger partial charge in [-0.25, -0.2) is 9.97 Å². The summed E-state index contributed by atoms with van der Waals surface area (Å²) in [7, 11) is 1.65. The van der Waals surface area contributed by atoms with Crippen molar-refractivity contribution in [2.75, 3.05) is 23.9 Å². The number of amides is 1. The van der Waals surface area contributed by atoms with Crippen LogP contribution < -0.4 is 15.0 Å². The van der Waals surface area contributed by atoms with Crippen molar-refractivity contribution < 1.29 is 9.53 Å². The summed E-state index contributed by atoms with van der Waals surface area (Å²) in [6.07, 6.45) is 6.36. The number of hydrogen-bond donors (Lipinski definition) is 1. The standard InChI is InChI=1S/C26H22ClN5O2/c1-34-22-9-7-17(8-10-22)18-4-2-5-19(12-18)25-23(27)16-29-26(31-25)30-20-13-21(15-28-14-20)32-11-3-6-24(32)33/h2,4-5,7-10,12-16H,3,6,11H2,1H3,(H,29,30,31). The summed E-state index contributed by atoms with van der Waals surface area (Å²) in [6.45, 7) is 0.704. The monoisotopic (exact) mass is 471 g/mol. The minimum atomic E-state index is 0.112. The van der Waals surface area contributed by atoms with Crippen molar-refractivity contribution in [3.05, 3.63) is 78.2 Å². The maximum absolute atomic E-state index is 12.1. The molecule has 3 heterocycles. The van der Waals surface area contributed by atoms with Gasteiger partial charge in [0.1, 0.15) is 5.75 Å². The first-order valence-electron chi connectivity index (χ1n) is 10.9. The predicted molar refractivity (Wildman–Crippen MR) is 134 cm³/mol. The number of aromatic nitrogens is 3. The van der Waals surface area contributed by atoms with E-state index in [1.807, 2.05) is 54.6 Å². The smallest absolute Gasteiger partial charge is 0.227 e. The largest absolute Gasteiger partial charge is 0.497 e. The molecule has 0 atom stereocenters. The van der Waals surface area contributed by atoms with E-state index in [-0.39, 0.29) is 5.91 Å². The highest BCUT2D eigenvalue weighted by Gasteiger charge is 2.22. The Hall–Kier alpha value is -3.97. The molecule has 0 bridgehead atoms. The number of anilines is 3. The molecule has 1 saturated heterocycles. The van der Waals surface area contributed by atoms with Crippen LogP contribution in [0, 0.1) is 0 Å². The van der Waals surface area contributed by atoms with Crippen LogP contribution in [-0.4, -0.2) is 34.5 Å². The lowest BCUT2D eigenvalue weighted by Crippen LogP contribution is -2.23. The van der Waals surface area contributed by atoms with Crippen molar-refractivity contribution >= 4 is 34.8 Å². The Bertz CT molecular complexity index is 1340. The second-order valence-corrected chi connectivity index (χ2v) is 8.31. The lowest BCUT2D eigenvalue weighted by Gasteiger charge is -2.16. The number of benzene rings is 2. The lowest BCUT2D eigenvalue weighted by atomic mass is 10.0. The van der Waals surface area contributed by atoms with E-state index in [1.165, 1.54) is 0 Å². The van der Waals surface area contributed by atoms with Crippen molar-refractivity contribution in [1.82, 2.24) is 15.0 Å². The summed E-state index contributed by atoms with van der Waals surface area (Å²) in [6, 6.07) is 17.8. The Kier molecular flexibility index (Phi) is 6.10. The lowest BCUT2D eigenvalue weighted by molar-refractivity contribution is -0.117. The highest BCUT2D eigenvalue weighted by atomic mass is 35.5. The number of hydrogen-bond acceptors (Lipinski definition) is 6. The van der Waals surface area contributed by atoms with Crippen LogP contribution in [0.3, 0.4) is 0 Å². The van der Waals surface area contributed by atoms with Gasteiger partial charge in [-0.3, -0.25) is 9.78 Å². The number of rotatable bonds is 6. The maximum atomic E-state index is 12.1. The number of carbonyl (C=O) groups excluding carboxylic acids is 1. The molecule has 7 nitrogen and oxygen atoms in total. The quantitative estimate of drug-likeness (QED) is 0.386. The molecule has 0 radical (unpaired) electrons. The zero-order chi connectivity index (χ0) is 23.5. The van der Waals surface area contributed by atoms with E-state index >= 15 is 0 Å².